The largest absolute Gasteiger partial charge is 0.494 e. The number of morpholine rings is 1. The van der Waals surface area contributed by atoms with Crippen LogP contribution in [0.5, 0.6) is 5.75 Å². The van der Waals surface area contributed by atoms with Gasteiger partial charge in [-0.3, -0.25) is 4.90 Å². The molecule has 0 amide bonds. The molecular weight excluding hydrogens is 364 g/mol. The van der Waals surface area contributed by atoms with Gasteiger partial charge in [0.15, 0.2) is 0 Å². The number of benzene rings is 2. The molecule has 1 heterocycles. The van der Waals surface area contributed by atoms with Crippen LogP contribution >= 0.6 is 0 Å². The summed E-state index contributed by atoms with van der Waals surface area (Å²) in [5, 5.41) is 0. The van der Waals surface area contributed by atoms with E-state index in [0.29, 0.717) is 12.4 Å². The Hall–Kier alpha value is -1.93. The third-order valence-corrected chi connectivity index (χ3v) is 5.83. The molecule has 0 aliphatic carbocycles. The lowest BCUT2D eigenvalue weighted by molar-refractivity contribution is 0.0342. The van der Waals surface area contributed by atoms with Gasteiger partial charge >= 0.3 is 0 Å². The molecule has 1 aliphatic heterocycles. The standard InChI is InChI=1S/C20H26N2O4S/c1-2-26-19-6-8-20(9-7-19)27(23,24)21-15-17-4-3-5-18(14-17)16-22-10-12-25-13-11-22/h3-9,14,21H,2,10-13,15-16H2,1H3. The zero-order valence-electron chi connectivity index (χ0n) is 15.6. The van der Waals surface area contributed by atoms with E-state index in [1.54, 1.807) is 24.3 Å². The van der Waals surface area contributed by atoms with Gasteiger partial charge < -0.3 is 9.47 Å². The predicted molar refractivity (Wildman–Crippen MR) is 104 cm³/mol. The lowest BCUT2D eigenvalue weighted by Gasteiger charge is -2.26. The van der Waals surface area contributed by atoms with E-state index in [1.807, 2.05) is 19.1 Å². The van der Waals surface area contributed by atoms with Gasteiger partial charge in [-0.1, -0.05) is 24.3 Å². The van der Waals surface area contributed by atoms with Crippen molar-refractivity contribution in [1.82, 2.24) is 9.62 Å². The fraction of sp³-hybridized carbons (Fsp3) is 0.400. The predicted octanol–water partition coefficient (Wildman–Crippen LogP) is 2.40. The minimum Gasteiger partial charge on any atom is -0.494 e. The lowest BCUT2D eigenvalue weighted by atomic mass is 10.1. The molecular formula is C20H26N2O4S. The van der Waals surface area contributed by atoms with Gasteiger partial charge in [-0.25, -0.2) is 13.1 Å². The average molecular weight is 391 g/mol. The van der Waals surface area contributed by atoms with Crippen LogP contribution in [0.3, 0.4) is 0 Å². The van der Waals surface area contributed by atoms with E-state index in [9.17, 15) is 8.42 Å². The fourth-order valence-electron chi connectivity index (χ4n) is 3.00. The molecule has 6 nitrogen and oxygen atoms in total. The Morgan fingerprint density at radius 1 is 1.07 bits per heavy atom. The van der Waals surface area contributed by atoms with Gasteiger partial charge in [0, 0.05) is 26.2 Å². The second-order valence-electron chi connectivity index (χ2n) is 6.44. The first kappa shape index (κ1) is 19.8. The molecule has 2 aromatic rings. The van der Waals surface area contributed by atoms with Crippen molar-refractivity contribution in [1.29, 1.82) is 0 Å². The summed E-state index contributed by atoms with van der Waals surface area (Å²) in [6.45, 7) is 6.92. The van der Waals surface area contributed by atoms with E-state index in [-0.39, 0.29) is 11.4 Å². The molecule has 0 bridgehead atoms. The number of rotatable bonds is 8. The molecule has 1 aliphatic rings. The first-order valence-electron chi connectivity index (χ1n) is 9.17. The van der Waals surface area contributed by atoms with E-state index >= 15 is 0 Å². The van der Waals surface area contributed by atoms with Crippen molar-refractivity contribution in [2.75, 3.05) is 32.9 Å². The zero-order valence-corrected chi connectivity index (χ0v) is 16.4. The van der Waals surface area contributed by atoms with E-state index in [0.717, 1.165) is 38.4 Å². The molecule has 2 aromatic carbocycles. The van der Waals surface area contributed by atoms with Crippen molar-refractivity contribution in [3.05, 3.63) is 59.7 Å². The maximum atomic E-state index is 12.5. The minimum absolute atomic E-state index is 0.232. The average Bonchev–Trinajstić information content (AvgIpc) is 2.68. The van der Waals surface area contributed by atoms with E-state index in [1.165, 1.54) is 5.56 Å². The molecule has 0 spiro atoms. The number of hydrogen-bond acceptors (Lipinski definition) is 5. The Morgan fingerprint density at radius 2 is 1.78 bits per heavy atom. The van der Waals surface area contributed by atoms with Crippen LogP contribution in [0.25, 0.3) is 0 Å². The van der Waals surface area contributed by atoms with E-state index in [4.69, 9.17) is 9.47 Å². The van der Waals surface area contributed by atoms with Crippen LogP contribution in [0.2, 0.25) is 0 Å². The monoisotopic (exact) mass is 390 g/mol. The lowest BCUT2D eigenvalue weighted by Crippen LogP contribution is -2.35. The van der Waals surface area contributed by atoms with Crippen LogP contribution in [0.4, 0.5) is 0 Å². The summed E-state index contributed by atoms with van der Waals surface area (Å²) in [7, 11) is -3.56. The molecule has 27 heavy (non-hydrogen) atoms. The summed E-state index contributed by atoms with van der Waals surface area (Å²) < 4.78 is 38.4. The van der Waals surface area contributed by atoms with E-state index in [2.05, 4.69) is 21.8 Å². The molecule has 0 aromatic heterocycles. The highest BCUT2D eigenvalue weighted by Crippen LogP contribution is 2.16. The maximum Gasteiger partial charge on any atom is 0.240 e. The van der Waals surface area contributed by atoms with Crippen LogP contribution in [0.15, 0.2) is 53.4 Å². The van der Waals surface area contributed by atoms with Crippen LogP contribution < -0.4 is 9.46 Å². The van der Waals surface area contributed by atoms with Crippen molar-refractivity contribution in [3.8, 4) is 5.75 Å². The van der Waals surface area contributed by atoms with Crippen molar-refractivity contribution < 1.29 is 17.9 Å². The third kappa shape index (κ3) is 5.77. The molecule has 1 saturated heterocycles. The normalized spacial score (nSPS) is 15.6. The van der Waals surface area contributed by atoms with Crippen molar-refractivity contribution in [3.63, 3.8) is 0 Å². The Balaban J connectivity index is 1.60. The van der Waals surface area contributed by atoms with Crippen molar-refractivity contribution >= 4 is 10.0 Å². The van der Waals surface area contributed by atoms with Crippen LogP contribution in [-0.4, -0.2) is 46.2 Å². The van der Waals surface area contributed by atoms with Gasteiger partial charge in [0.05, 0.1) is 24.7 Å². The van der Waals surface area contributed by atoms with E-state index < -0.39 is 10.0 Å². The summed E-state index contributed by atoms with van der Waals surface area (Å²) in [6.07, 6.45) is 0. The SMILES string of the molecule is CCOc1ccc(S(=O)(=O)NCc2cccc(CN3CCOCC3)c2)cc1. The smallest absolute Gasteiger partial charge is 0.240 e. The summed E-state index contributed by atoms with van der Waals surface area (Å²) >= 11 is 0. The highest BCUT2D eigenvalue weighted by molar-refractivity contribution is 7.89. The second-order valence-corrected chi connectivity index (χ2v) is 8.20. The Morgan fingerprint density at radius 3 is 2.48 bits per heavy atom. The first-order valence-corrected chi connectivity index (χ1v) is 10.7. The van der Waals surface area contributed by atoms with Crippen LogP contribution in [-0.2, 0) is 27.8 Å². The molecule has 0 unspecified atom stereocenters. The molecule has 3 rings (SSSR count). The zero-order chi connectivity index (χ0) is 19.1. The number of ether oxygens (including phenoxy) is 2. The number of nitrogens with one attached hydrogen (secondary N) is 1. The number of sulfonamides is 1. The summed E-state index contributed by atoms with van der Waals surface area (Å²) in [5.41, 5.74) is 2.12. The quantitative estimate of drug-likeness (QED) is 0.750. The Kier molecular flexibility index (Phi) is 6.84. The Bertz CT molecular complexity index is 831. The second kappa shape index (κ2) is 9.32. The highest BCUT2D eigenvalue weighted by Gasteiger charge is 2.14. The van der Waals surface area contributed by atoms with Crippen molar-refractivity contribution in [2.45, 2.75) is 24.9 Å². The van der Waals surface area contributed by atoms with Gasteiger partial charge in [0.2, 0.25) is 10.0 Å². The van der Waals surface area contributed by atoms with Gasteiger partial charge in [-0.15, -0.1) is 0 Å². The summed E-state index contributed by atoms with van der Waals surface area (Å²) in [4.78, 5) is 2.57. The minimum atomic E-state index is -3.56. The third-order valence-electron chi connectivity index (χ3n) is 4.41. The topological polar surface area (TPSA) is 67.9 Å². The fourth-order valence-corrected chi connectivity index (χ4v) is 4.02. The van der Waals surface area contributed by atoms with Gasteiger partial charge in [-0.05, 0) is 42.3 Å². The molecule has 0 saturated carbocycles. The highest BCUT2D eigenvalue weighted by atomic mass is 32.2. The first-order chi connectivity index (χ1) is 13.1. The Labute approximate surface area is 161 Å². The molecule has 1 N–H and O–H groups in total. The van der Waals surface area contributed by atoms with Crippen molar-refractivity contribution in [2.24, 2.45) is 0 Å². The molecule has 0 radical (unpaired) electrons. The van der Waals surface area contributed by atoms with Crippen LogP contribution in [0.1, 0.15) is 18.1 Å². The molecule has 7 heteroatoms. The maximum absolute atomic E-state index is 12.5. The van der Waals surface area contributed by atoms with Gasteiger partial charge in [0.1, 0.15) is 5.75 Å². The molecule has 1 fully saturated rings. The number of hydrogen-bond donors (Lipinski definition) is 1. The molecule has 0 atom stereocenters. The summed E-state index contributed by atoms with van der Waals surface area (Å²) in [6, 6.07) is 14.5. The summed E-state index contributed by atoms with van der Waals surface area (Å²) in [5.74, 6) is 0.660. The van der Waals surface area contributed by atoms with Gasteiger partial charge in [0.25, 0.3) is 0 Å². The van der Waals surface area contributed by atoms with Crippen LogP contribution in [0, 0.1) is 0 Å². The molecule has 146 valence electrons. The van der Waals surface area contributed by atoms with Gasteiger partial charge in [-0.2, -0.15) is 0 Å². The number of nitrogens with zero attached hydrogens (tertiary/aromatic N) is 1.